The fourth-order valence-corrected chi connectivity index (χ4v) is 3.77. The minimum Gasteiger partial charge on any atom is -0.327 e. The molecule has 0 spiro atoms. The van der Waals surface area contributed by atoms with Gasteiger partial charge < -0.3 is 11.1 Å². The van der Waals surface area contributed by atoms with Crippen LogP contribution < -0.4 is 11.1 Å². The molecule has 3 N–H and O–H groups in total. The van der Waals surface area contributed by atoms with E-state index in [1.807, 2.05) is 19.1 Å². The predicted molar refractivity (Wildman–Crippen MR) is 77.6 cm³/mol. The van der Waals surface area contributed by atoms with Crippen LogP contribution in [0.4, 0.5) is 5.82 Å². The lowest BCUT2D eigenvalue weighted by Crippen LogP contribution is -2.42. The molecule has 0 aliphatic heterocycles. The Bertz CT molecular complexity index is 517. The lowest BCUT2D eigenvalue weighted by Gasteiger charge is -2.26. The third-order valence-corrected chi connectivity index (χ3v) is 5.39. The average Bonchev–Trinajstić information content (AvgIpc) is 2.94. The van der Waals surface area contributed by atoms with Gasteiger partial charge in [-0.2, -0.15) is 0 Å². The van der Waals surface area contributed by atoms with Gasteiger partial charge in [-0.25, -0.2) is 4.98 Å². The van der Waals surface area contributed by atoms with Crippen molar-refractivity contribution in [2.45, 2.75) is 32.2 Å². The van der Waals surface area contributed by atoms with Crippen LogP contribution in [0, 0.1) is 24.7 Å². The molecule has 1 heterocycles. The zero-order chi connectivity index (χ0) is 13.6. The van der Waals surface area contributed by atoms with Crippen LogP contribution >= 0.6 is 15.9 Å². The van der Waals surface area contributed by atoms with E-state index in [4.69, 9.17) is 5.73 Å². The van der Waals surface area contributed by atoms with Gasteiger partial charge in [0.05, 0.1) is 11.6 Å². The normalized spacial score (nSPS) is 32.6. The van der Waals surface area contributed by atoms with Crippen molar-refractivity contribution in [1.29, 1.82) is 0 Å². The number of pyridine rings is 1. The van der Waals surface area contributed by atoms with Crippen molar-refractivity contribution in [2.75, 3.05) is 5.32 Å². The molecule has 2 aliphatic rings. The molecule has 5 heteroatoms. The van der Waals surface area contributed by atoms with Crippen LogP contribution in [0.1, 0.15) is 25.0 Å². The third-order valence-electron chi connectivity index (χ3n) is 4.56. The molecular weight excluding hydrogens is 306 g/mol. The van der Waals surface area contributed by atoms with Gasteiger partial charge in [0, 0.05) is 10.5 Å². The molecule has 0 saturated heterocycles. The Morgan fingerprint density at radius 3 is 2.79 bits per heavy atom. The molecule has 2 fully saturated rings. The van der Waals surface area contributed by atoms with E-state index in [1.165, 1.54) is 6.42 Å². The number of hydrogen-bond donors (Lipinski definition) is 2. The molecule has 3 rings (SSSR count). The number of halogens is 1. The van der Waals surface area contributed by atoms with Gasteiger partial charge in [0.15, 0.2) is 0 Å². The Balaban J connectivity index is 1.73. The first-order chi connectivity index (χ1) is 9.06. The number of nitrogens with zero attached hydrogens (tertiary/aromatic N) is 1. The summed E-state index contributed by atoms with van der Waals surface area (Å²) in [5, 5.41) is 2.92. The van der Waals surface area contributed by atoms with Crippen molar-refractivity contribution < 1.29 is 4.79 Å². The highest BCUT2D eigenvalue weighted by Crippen LogP contribution is 2.47. The summed E-state index contributed by atoms with van der Waals surface area (Å²) in [4.78, 5) is 16.7. The van der Waals surface area contributed by atoms with Gasteiger partial charge in [-0.15, -0.1) is 0 Å². The van der Waals surface area contributed by atoms with E-state index >= 15 is 0 Å². The van der Waals surface area contributed by atoms with Crippen LogP contribution in [0.3, 0.4) is 0 Å². The Morgan fingerprint density at radius 2 is 2.16 bits per heavy atom. The Kier molecular flexibility index (Phi) is 3.35. The summed E-state index contributed by atoms with van der Waals surface area (Å²) >= 11 is 3.40. The zero-order valence-electron chi connectivity index (χ0n) is 10.9. The van der Waals surface area contributed by atoms with Crippen LogP contribution in [0.25, 0.3) is 0 Å². The summed E-state index contributed by atoms with van der Waals surface area (Å²) < 4.78 is 0.946. The second-order valence-corrected chi connectivity index (χ2v) is 6.54. The summed E-state index contributed by atoms with van der Waals surface area (Å²) in [6.45, 7) is 1.91. The number of aryl methyl sites for hydroxylation is 1. The molecule has 4 nitrogen and oxygen atoms in total. The second kappa shape index (κ2) is 4.87. The molecule has 2 saturated carbocycles. The molecule has 0 radical (unpaired) electrons. The smallest absolute Gasteiger partial charge is 0.230 e. The largest absolute Gasteiger partial charge is 0.327 e. The minimum absolute atomic E-state index is 0.0234. The zero-order valence-corrected chi connectivity index (χ0v) is 12.5. The van der Waals surface area contributed by atoms with Gasteiger partial charge in [-0.1, -0.05) is 0 Å². The van der Waals surface area contributed by atoms with Gasteiger partial charge in [-0.3, -0.25) is 4.79 Å². The maximum absolute atomic E-state index is 12.4. The van der Waals surface area contributed by atoms with E-state index in [2.05, 4.69) is 26.2 Å². The highest BCUT2D eigenvalue weighted by molar-refractivity contribution is 9.10. The molecule has 1 amide bonds. The standard InChI is InChI=1S/C14H18BrN3O/c1-7-10(15)4-5-11(17-7)18-14(19)12-8-2-3-9(6-8)13(12)16/h4-5,8-9,12-13H,2-3,6,16H2,1H3,(H,17,18,19). The molecule has 19 heavy (non-hydrogen) atoms. The fraction of sp³-hybridized carbons (Fsp3) is 0.571. The summed E-state index contributed by atoms with van der Waals surface area (Å²) in [5.41, 5.74) is 7.05. The molecule has 1 aromatic heterocycles. The number of nitrogens with one attached hydrogen (secondary N) is 1. The Morgan fingerprint density at radius 1 is 1.42 bits per heavy atom. The highest BCUT2D eigenvalue weighted by Gasteiger charge is 2.49. The highest BCUT2D eigenvalue weighted by atomic mass is 79.9. The fourth-order valence-electron chi connectivity index (χ4n) is 3.55. The van der Waals surface area contributed by atoms with E-state index in [0.717, 1.165) is 23.0 Å². The van der Waals surface area contributed by atoms with Crippen LogP contribution in [0.15, 0.2) is 16.6 Å². The van der Waals surface area contributed by atoms with Crippen molar-refractivity contribution >= 4 is 27.7 Å². The molecule has 1 aromatic rings. The van der Waals surface area contributed by atoms with Gasteiger partial charge in [0.2, 0.25) is 5.91 Å². The first-order valence-electron chi connectivity index (χ1n) is 6.76. The Labute approximate surface area is 121 Å². The number of carbonyl (C=O) groups excluding carboxylic acids is 1. The van der Waals surface area contributed by atoms with Gasteiger partial charge in [-0.05, 0) is 66.1 Å². The van der Waals surface area contributed by atoms with Crippen molar-refractivity contribution in [3.05, 3.63) is 22.3 Å². The second-order valence-electron chi connectivity index (χ2n) is 5.69. The number of nitrogens with two attached hydrogens (primary N) is 1. The lowest BCUT2D eigenvalue weighted by atomic mass is 9.84. The Hall–Kier alpha value is -0.940. The number of carbonyl (C=O) groups is 1. The molecule has 2 bridgehead atoms. The maximum Gasteiger partial charge on any atom is 0.230 e. The number of hydrogen-bond acceptors (Lipinski definition) is 3. The SMILES string of the molecule is Cc1nc(NC(=O)C2C3CCC(C3)C2N)ccc1Br. The number of anilines is 1. The van der Waals surface area contributed by atoms with Crippen molar-refractivity contribution in [2.24, 2.45) is 23.5 Å². The van der Waals surface area contributed by atoms with Crippen LogP contribution in [-0.4, -0.2) is 16.9 Å². The van der Waals surface area contributed by atoms with Gasteiger partial charge in [0.1, 0.15) is 5.82 Å². The topological polar surface area (TPSA) is 68.0 Å². The van der Waals surface area contributed by atoms with Crippen LogP contribution in [-0.2, 0) is 4.79 Å². The molecule has 4 atom stereocenters. The summed E-state index contributed by atoms with van der Waals surface area (Å²) in [7, 11) is 0. The van der Waals surface area contributed by atoms with Gasteiger partial charge in [0.25, 0.3) is 0 Å². The number of aromatic nitrogens is 1. The van der Waals surface area contributed by atoms with E-state index < -0.39 is 0 Å². The van der Waals surface area contributed by atoms with Gasteiger partial charge >= 0.3 is 0 Å². The maximum atomic E-state index is 12.4. The summed E-state index contributed by atoms with van der Waals surface area (Å²) in [6, 6.07) is 3.74. The monoisotopic (exact) mass is 323 g/mol. The van der Waals surface area contributed by atoms with Crippen LogP contribution in [0.5, 0.6) is 0 Å². The summed E-state index contributed by atoms with van der Waals surface area (Å²) in [5.74, 6) is 1.62. The van der Waals surface area contributed by atoms with Crippen LogP contribution in [0.2, 0.25) is 0 Å². The number of fused-ring (bicyclic) bond motifs is 2. The molecule has 4 unspecified atom stereocenters. The molecule has 102 valence electrons. The number of amides is 1. The van der Waals surface area contributed by atoms with Crippen molar-refractivity contribution in [3.8, 4) is 0 Å². The first-order valence-corrected chi connectivity index (χ1v) is 7.55. The number of rotatable bonds is 2. The molecule has 2 aliphatic carbocycles. The predicted octanol–water partition coefficient (Wildman–Crippen LogP) is 2.46. The van der Waals surface area contributed by atoms with E-state index in [-0.39, 0.29) is 17.9 Å². The lowest BCUT2D eigenvalue weighted by molar-refractivity contribution is -0.121. The quantitative estimate of drug-likeness (QED) is 0.878. The summed E-state index contributed by atoms with van der Waals surface area (Å²) in [6.07, 6.45) is 3.44. The van der Waals surface area contributed by atoms with E-state index in [1.54, 1.807) is 0 Å². The molecular formula is C14H18BrN3O. The minimum atomic E-state index is -0.0375. The van der Waals surface area contributed by atoms with E-state index in [0.29, 0.717) is 17.7 Å². The molecule has 0 aromatic carbocycles. The third kappa shape index (κ3) is 2.30. The average molecular weight is 324 g/mol. The van der Waals surface area contributed by atoms with Crippen molar-refractivity contribution in [1.82, 2.24) is 4.98 Å². The van der Waals surface area contributed by atoms with Crippen molar-refractivity contribution in [3.63, 3.8) is 0 Å². The first kappa shape index (κ1) is 13.1. The van der Waals surface area contributed by atoms with E-state index in [9.17, 15) is 4.79 Å².